The number of halogens is 3. The molecule has 6 nitrogen and oxygen atoms in total. The van der Waals surface area contributed by atoms with Crippen molar-refractivity contribution in [2.24, 2.45) is 4.99 Å². The smallest absolute Gasteiger partial charge is 0.416 e. The number of methoxy groups -OCH3 is 1. The molecule has 3 aromatic rings. The molecule has 1 saturated heterocycles. The number of amides is 1. The summed E-state index contributed by atoms with van der Waals surface area (Å²) in [7, 11) is 1.57. The van der Waals surface area contributed by atoms with Crippen LogP contribution >= 0.6 is 0 Å². The maximum Gasteiger partial charge on any atom is 0.416 e. The maximum atomic E-state index is 13.3. The Hall–Kier alpha value is -4.01. The van der Waals surface area contributed by atoms with E-state index in [4.69, 9.17) is 9.47 Å². The molecule has 0 aromatic heterocycles. The van der Waals surface area contributed by atoms with E-state index in [1.807, 2.05) is 17.0 Å². The zero-order valence-electron chi connectivity index (χ0n) is 18.9. The lowest BCUT2D eigenvalue weighted by atomic mass is 10.1. The molecule has 2 aliphatic heterocycles. The molecule has 2 aliphatic rings. The zero-order chi connectivity index (χ0) is 24.6. The minimum Gasteiger partial charge on any atom is -0.497 e. The Morgan fingerprint density at radius 2 is 1.66 bits per heavy atom. The number of para-hydroxylation sites is 1. The highest BCUT2D eigenvalue weighted by Crippen LogP contribution is 2.41. The standard InChI is InChI=1S/C26H22F3N3O3/c1-34-19-9-6-17(7-10-19)25(33)32-14-12-31(13-15-32)24-20-4-2-3-5-22(20)35-23-11-8-18(26(27,28)29)16-21(23)30-24/h2-11,16H,12-15H2,1H3. The van der Waals surface area contributed by atoms with Gasteiger partial charge in [-0.2, -0.15) is 13.2 Å². The number of nitrogens with zero attached hydrogens (tertiary/aromatic N) is 3. The molecule has 0 saturated carbocycles. The SMILES string of the molecule is COc1ccc(C(=O)N2CCN(C3=Nc4cc(C(F)(F)F)ccc4Oc4ccccc43)CC2)cc1. The van der Waals surface area contributed by atoms with Gasteiger partial charge in [-0.15, -0.1) is 0 Å². The fraction of sp³-hybridized carbons (Fsp3) is 0.231. The van der Waals surface area contributed by atoms with Crippen LogP contribution in [0.4, 0.5) is 18.9 Å². The van der Waals surface area contributed by atoms with Crippen LogP contribution in [0.5, 0.6) is 17.2 Å². The highest BCUT2D eigenvalue weighted by atomic mass is 19.4. The third-order valence-electron chi connectivity index (χ3n) is 6.06. The summed E-state index contributed by atoms with van der Waals surface area (Å²) in [5.41, 5.74) is 0.581. The number of aliphatic imine (C=N–C) groups is 1. The quantitative estimate of drug-likeness (QED) is 0.495. The minimum absolute atomic E-state index is 0.0843. The topological polar surface area (TPSA) is 54.4 Å². The first-order chi connectivity index (χ1) is 16.8. The van der Waals surface area contributed by atoms with Crippen molar-refractivity contribution in [2.75, 3.05) is 33.3 Å². The minimum atomic E-state index is -4.49. The summed E-state index contributed by atoms with van der Waals surface area (Å²) in [5.74, 6) is 1.89. The number of piperazine rings is 1. The second-order valence-corrected chi connectivity index (χ2v) is 8.22. The van der Waals surface area contributed by atoms with Crippen molar-refractivity contribution < 1.29 is 27.4 Å². The molecule has 0 bridgehead atoms. The van der Waals surface area contributed by atoms with E-state index in [0.717, 1.165) is 12.1 Å². The Bertz CT molecular complexity index is 1280. The fourth-order valence-corrected chi connectivity index (χ4v) is 4.18. The van der Waals surface area contributed by atoms with Crippen molar-refractivity contribution in [3.05, 3.63) is 83.4 Å². The second kappa shape index (κ2) is 8.98. The van der Waals surface area contributed by atoms with E-state index in [-0.39, 0.29) is 17.3 Å². The monoisotopic (exact) mass is 481 g/mol. The number of carbonyl (C=O) groups excluding carboxylic acids is 1. The van der Waals surface area contributed by atoms with Crippen molar-refractivity contribution in [1.29, 1.82) is 0 Å². The van der Waals surface area contributed by atoms with Crippen molar-refractivity contribution in [3.8, 4) is 17.2 Å². The van der Waals surface area contributed by atoms with Gasteiger partial charge in [-0.1, -0.05) is 12.1 Å². The molecular weight excluding hydrogens is 459 g/mol. The summed E-state index contributed by atoms with van der Waals surface area (Å²) in [6.07, 6.45) is -4.49. The maximum absolute atomic E-state index is 13.3. The molecule has 2 heterocycles. The summed E-state index contributed by atoms with van der Waals surface area (Å²) in [6.45, 7) is 1.84. The molecule has 1 amide bonds. The Balaban J connectivity index is 1.41. The van der Waals surface area contributed by atoms with Gasteiger partial charge in [-0.05, 0) is 54.6 Å². The van der Waals surface area contributed by atoms with Gasteiger partial charge >= 0.3 is 6.18 Å². The number of rotatable bonds is 2. The zero-order valence-corrected chi connectivity index (χ0v) is 18.9. The van der Waals surface area contributed by atoms with Crippen LogP contribution in [0.25, 0.3) is 0 Å². The van der Waals surface area contributed by atoms with E-state index in [0.29, 0.717) is 54.6 Å². The number of hydrogen-bond acceptors (Lipinski definition) is 5. The summed E-state index contributed by atoms with van der Waals surface area (Å²) < 4.78 is 51.1. The predicted octanol–water partition coefficient (Wildman–Crippen LogP) is 5.36. The van der Waals surface area contributed by atoms with E-state index >= 15 is 0 Å². The summed E-state index contributed by atoms with van der Waals surface area (Å²) >= 11 is 0. The summed E-state index contributed by atoms with van der Waals surface area (Å²) in [5, 5.41) is 0. The molecule has 0 atom stereocenters. The number of alkyl halides is 3. The van der Waals surface area contributed by atoms with E-state index in [9.17, 15) is 18.0 Å². The highest BCUT2D eigenvalue weighted by molar-refractivity contribution is 6.04. The van der Waals surface area contributed by atoms with Gasteiger partial charge in [0.25, 0.3) is 5.91 Å². The second-order valence-electron chi connectivity index (χ2n) is 8.22. The number of benzene rings is 3. The van der Waals surface area contributed by atoms with Crippen LogP contribution in [0, 0.1) is 0 Å². The Kier molecular flexibility index (Phi) is 5.84. The van der Waals surface area contributed by atoms with E-state index in [2.05, 4.69) is 4.99 Å². The van der Waals surface area contributed by atoms with Crippen molar-refractivity contribution in [1.82, 2.24) is 9.80 Å². The number of amidine groups is 1. The van der Waals surface area contributed by atoms with Crippen LogP contribution in [0.15, 0.2) is 71.7 Å². The van der Waals surface area contributed by atoms with Gasteiger partial charge in [0, 0.05) is 31.7 Å². The fourth-order valence-electron chi connectivity index (χ4n) is 4.18. The lowest BCUT2D eigenvalue weighted by Crippen LogP contribution is -2.50. The van der Waals surface area contributed by atoms with Crippen LogP contribution < -0.4 is 9.47 Å². The molecule has 180 valence electrons. The number of ether oxygens (including phenoxy) is 2. The number of fused-ring (bicyclic) bond motifs is 2. The van der Waals surface area contributed by atoms with Crippen molar-refractivity contribution >= 4 is 17.4 Å². The Morgan fingerprint density at radius 1 is 0.943 bits per heavy atom. The Morgan fingerprint density at radius 3 is 2.34 bits per heavy atom. The normalized spacial score (nSPS) is 15.4. The molecule has 3 aromatic carbocycles. The van der Waals surface area contributed by atoms with E-state index in [1.54, 1.807) is 48.4 Å². The van der Waals surface area contributed by atoms with Gasteiger partial charge in [0.05, 0.1) is 18.2 Å². The first-order valence-corrected chi connectivity index (χ1v) is 11.1. The van der Waals surface area contributed by atoms with Gasteiger partial charge in [-0.3, -0.25) is 4.79 Å². The molecule has 0 N–H and O–H groups in total. The molecule has 0 spiro atoms. The van der Waals surface area contributed by atoms with Crippen LogP contribution in [0.1, 0.15) is 21.5 Å². The Labute approximate surface area is 200 Å². The van der Waals surface area contributed by atoms with Gasteiger partial charge in [0.2, 0.25) is 0 Å². The average molecular weight is 481 g/mol. The summed E-state index contributed by atoms with van der Waals surface area (Å²) in [4.78, 5) is 21.3. The first-order valence-electron chi connectivity index (χ1n) is 11.1. The third kappa shape index (κ3) is 4.53. The lowest BCUT2D eigenvalue weighted by molar-refractivity contribution is -0.137. The van der Waals surface area contributed by atoms with Crippen LogP contribution in [0.3, 0.4) is 0 Å². The predicted molar refractivity (Wildman–Crippen MR) is 125 cm³/mol. The first kappa shape index (κ1) is 22.8. The van der Waals surface area contributed by atoms with Gasteiger partial charge in [0.1, 0.15) is 23.0 Å². The summed E-state index contributed by atoms with van der Waals surface area (Å²) in [6, 6.07) is 17.5. The average Bonchev–Trinajstić information content (AvgIpc) is 3.04. The van der Waals surface area contributed by atoms with Crippen molar-refractivity contribution in [2.45, 2.75) is 6.18 Å². The molecule has 35 heavy (non-hydrogen) atoms. The van der Waals surface area contributed by atoms with E-state index < -0.39 is 11.7 Å². The molecular formula is C26H22F3N3O3. The lowest BCUT2D eigenvalue weighted by Gasteiger charge is -2.36. The van der Waals surface area contributed by atoms with Crippen LogP contribution in [0.2, 0.25) is 0 Å². The van der Waals surface area contributed by atoms with Crippen LogP contribution in [-0.2, 0) is 6.18 Å². The molecule has 0 unspecified atom stereocenters. The van der Waals surface area contributed by atoms with E-state index in [1.165, 1.54) is 6.07 Å². The van der Waals surface area contributed by atoms with Crippen LogP contribution in [-0.4, -0.2) is 54.8 Å². The third-order valence-corrected chi connectivity index (χ3v) is 6.06. The molecule has 5 rings (SSSR count). The molecule has 1 fully saturated rings. The number of hydrogen-bond donors (Lipinski definition) is 0. The van der Waals surface area contributed by atoms with Crippen molar-refractivity contribution in [3.63, 3.8) is 0 Å². The van der Waals surface area contributed by atoms with Gasteiger partial charge < -0.3 is 19.3 Å². The van der Waals surface area contributed by atoms with Gasteiger partial charge in [0.15, 0.2) is 5.75 Å². The van der Waals surface area contributed by atoms with Gasteiger partial charge in [-0.25, -0.2) is 4.99 Å². The molecule has 0 aliphatic carbocycles. The highest BCUT2D eigenvalue weighted by Gasteiger charge is 2.33. The molecule has 9 heteroatoms. The number of carbonyl (C=O) groups is 1. The molecule has 0 radical (unpaired) electrons. The largest absolute Gasteiger partial charge is 0.497 e.